The fraction of sp³-hybridized carbons (Fsp3) is 0.417. The topological polar surface area (TPSA) is 64.7 Å². The van der Waals surface area contributed by atoms with E-state index in [-0.39, 0.29) is 5.41 Å². The lowest BCUT2D eigenvalue weighted by Gasteiger charge is -2.14. The van der Waals surface area contributed by atoms with Crippen molar-refractivity contribution >= 4 is 28.9 Å². The van der Waals surface area contributed by atoms with Crippen LogP contribution < -0.4 is 5.73 Å². The van der Waals surface area contributed by atoms with Crippen LogP contribution in [0, 0.1) is 0 Å². The molecule has 0 aliphatic rings. The fourth-order valence-electron chi connectivity index (χ4n) is 1.30. The molecule has 0 unspecified atom stereocenters. The van der Waals surface area contributed by atoms with Gasteiger partial charge in [0.1, 0.15) is 10.0 Å². The summed E-state index contributed by atoms with van der Waals surface area (Å²) < 4.78 is 0. The summed E-state index contributed by atoms with van der Waals surface area (Å²) in [6.45, 7) is 6.50. The molecule has 4 nitrogen and oxygen atoms in total. The highest BCUT2D eigenvalue weighted by atomic mass is 32.2. The van der Waals surface area contributed by atoms with Crippen molar-refractivity contribution in [3.8, 4) is 0 Å². The number of aromatic nitrogens is 3. The van der Waals surface area contributed by atoms with E-state index in [1.54, 1.807) is 35.5 Å². The predicted octanol–water partition coefficient (Wildman–Crippen LogP) is 3.11. The van der Waals surface area contributed by atoms with Gasteiger partial charge in [-0.2, -0.15) is 0 Å². The Morgan fingerprint density at radius 3 is 2.61 bits per heavy atom. The number of anilines is 1. The van der Waals surface area contributed by atoms with Gasteiger partial charge in [-0.05, 0) is 0 Å². The van der Waals surface area contributed by atoms with E-state index in [9.17, 15) is 0 Å². The van der Waals surface area contributed by atoms with Gasteiger partial charge in [0.25, 0.3) is 0 Å². The molecule has 0 amide bonds. The first-order chi connectivity index (χ1) is 8.47. The molecule has 18 heavy (non-hydrogen) atoms. The summed E-state index contributed by atoms with van der Waals surface area (Å²) in [7, 11) is 0. The zero-order valence-corrected chi connectivity index (χ0v) is 12.3. The molecule has 96 valence electrons. The number of nitrogens with two attached hydrogens (primary N) is 1. The number of nitrogens with zero attached hydrogens (tertiary/aromatic N) is 3. The maximum absolute atomic E-state index is 5.75. The number of rotatable bonds is 3. The van der Waals surface area contributed by atoms with Crippen molar-refractivity contribution in [2.24, 2.45) is 0 Å². The minimum absolute atomic E-state index is 0.102. The number of thioether (sulfide) groups is 1. The molecule has 2 aromatic heterocycles. The molecule has 0 radical (unpaired) electrons. The van der Waals surface area contributed by atoms with Gasteiger partial charge in [-0.3, -0.25) is 0 Å². The fourth-order valence-corrected chi connectivity index (χ4v) is 3.21. The van der Waals surface area contributed by atoms with E-state index in [0.717, 1.165) is 21.5 Å². The number of hydrogen-bond acceptors (Lipinski definition) is 6. The molecule has 0 bridgehead atoms. The molecule has 0 aliphatic carbocycles. The summed E-state index contributed by atoms with van der Waals surface area (Å²) in [5.41, 5.74) is 6.98. The van der Waals surface area contributed by atoms with E-state index >= 15 is 0 Å². The Bertz CT molecular complexity index is 531. The van der Waals surface area contributed by atoms with Gasteiger partial charge < -0.3 is 5.73 Å². The Kier molecular flexibility index (Phi) is 3.87. The lowest BCUT2D eigenvalue weighted by molar-refractivity contribution is 0.572. The van der Waals surface area contributed by atoms with Crippen LogP contribution in [0.15, 0.2) is 22.8 Å². The van der Waals surface area contributed by atoms with Gasteiger partial charge in [-0.1, -0.05) is 32.5 Å². The smallest absolute Gasteiger partial charge is 0.156 e. The van der Waals surface area contributed by atoms with Gasteiger partial charge in [-0.25, -0.2) is 15.0 Å². The van der Waals surface area contributed by atoms with Crippen molar-refractivity contribution in [3.05, 3.63) is 28.5 Å². The van der Waals surface area contributed by atoms with Gasteiger partial charge in [0.05, 0.1) is 11.4 Å². The summed E-state index contributed by atoms with van der Waals surface area (Å²) in [4.78, 5) is 12.8. The Labute approximate surface area is 115 Å². The second-order valence-electron chi connectivity index (χ2n) is 4.91. The van der Waals surface area contributed by atoms with Gasteiger partial charge in [0.15, 0.2) is 5.82 Å². The third-order valence-electron chi connectivity index (χ3n) is 2.34. The Balaban J connectivity index is 2.03. The minimum Gasteiger partial charge on any atom is -0.381 e. The predicted molar refractivity (Wildman–Crippen MR) is 76.8 cm³/mol. The number of nitrogen functional groups attached to an aromatic ring is 1. The molecule has 0 aromatic carbocycles. The van der Waals surface area contributed by atoms with Crippen LogP contribution in [0.3, 0.4) is 0 Å². The molecule has 2 heterocycles. The Morgan fingerprint density at radius 2 is 2.00 bits per heavy atom. The van der Waals surface area contributed by atoms with Crippen LogP contribution in [0.4, 0.5) is 5.82 Å². The van der Waals surface area contributed by atoms with E-state index in [4.69, 9.17) is 5.73 Å². The van der Waals surface area contributed by atoms with Crippen molar-refractivity contribution in [1.29, 1.82) is 0 Å². The average Bonchev–Trinajstić information content (AvgIpc) is 2.76. The second-order valence-corrected chi connectivity index (χ2v) is 6.82. The van der Waals surface area contributed by atoms with Crippen molar-refractivity contribution in [3.63, 3.8) is 0 Å². The normalized spacial score (nSPS) is 11.7. The van der Waals surface area contributed by atoms with E-state index in [1.807, 2.05) is 0 Å². The maximum atomic E-state index is 5.75. The summed E-state index contributed by atoms with van der Waals surface area (Å²) >= 11 is 3.25. The summed E-state index contributed by atoms with van der Waals surface area (Å²) in [6, 6.07) is 0. The van der Waals surface area contributed by atoms with E-state index < -0.39 is 0 Å². The maximum Gasteiger partial charge on any atom is 0.156 e. The minimum atomic E-state index is 0.102. The molecule has 0 saturated carbocycles. The molecule has 0 aliphatic heterocycles. The average molecular weight is 280 g/mol. The van der Waals surface area contributed by atoms with Crippen LogP contribution in [0.25, 0.3) is 0 Å². The highest BCUT2D eigenvalue weighted by Crippen LogP contribution is 2.29. The lowest BCUT2D eigenvalue weighted by Crippen LogP contribution is -2.11. The summed E-state index contributed by atoms with van der Waals surface area (Å²) in [5, 5.41) is 3.98. The quantitative estimate of drug-likeness (QED) is 0.875. The largest absolute Gasteiger partial charge is 0.381 e. The summed E-state index contributed by atoms with van der Waals surface area (Å²) in [5.74, 6) is 1.26. The van der Waals surface area contributed by atoms with Gasteiger partial charge in [-0.15, -0.1) is 11.3 Å². The van der Waals surface area contributed by atoms with Crippen LogP contribution in [0.1, 0.15) is 31.5 Å². The third kappa shape index (κ3) is 3.20. The van der Waals surface area contributed by atoms with Gasteiger partial charge >= 0.3 is 0 Å². The zero-order valence-electron chi connectivity index (χ0n) is 10.7. The summed E-state index contributed by atoms with van der Waals surface area (Å²) in [6.07, 6.45) is 3.25. The van der Waals surface area contributed by atoms with E-state index in [2.05, 4.69) is 41.1 Å². The van der Waals surface area contributed by atoms with Gasteiger partial charge in [0.2, 0.25) is 0 Å². The van der Waals surface area contributed by atoms with Crippen molar-refractivity contribution in [2.75, 3.05) is 5.73 Å². The van der Waals surface area contributed by atoms with Crippen LogP contribution in [0.2, 0.25) is 0 Å². The van der Waals surface area contributed by atoms with Crippen LogP contribution in [-0.2, 0) is 11.2 Å². The molecule has 2 rings (SSSR count). The molecule has 0 fully saturated rings. The van der Waals surface area contributed by atoms with Crippen LogP contribution in [-0.4, -0.2) is 15.0 Å². The SMILES string of the molecule is CC(C)(C)c1csc(CSc2nccnc2N)n1. The standard InChI is InChI=1S/C12H16N4S2/c1-12(2,3)8-6-17-9(16-8)7-18-11-10(13)14-4-5-15-11/h4-6H,7H2,1-3H3,(H2,13,14). The highest BCUT2D eigenvalue weighted by Gasteiger charge is 2.17. The Morgan fingerprint density at radius 1 is 1.28 bits per heavy atom. The molecular weight excluding hydrogens is 264 g/mol. The first kappa shape index (κ1) is 13.3. The molecule has 6 heteroatoms. The zero-order chi connectivity index (χ0) is 13.2. The van der Waals surface area contributed by atoms with Crippen molar-refractivity contribution in [1.82, 2.24) is 15.0 Å². The molecular formula is C12H16N4S2. The van der Waals surface area contributed by atoms with E-state index in [0.29, 0.717) is 5.82 Å². The highest BCUT2D eigenvalue weighted by molar-refractivity contribution is 7.98. The van der Waals surface area contributed by atoms with Gasteiger partial charge in [0, 0.05) is 23.2 Å². The lowest BCUT2D eigenvalue weighted by atomic mass is 9.93. The molecule has 0 spiro atoms. The van der Waals surface area contributed by atoms with Crippen molar-refractivity contribution in [2.45, 2.75) is 37.0 Å². The molecule has 0 saturated heterocycles. The van der Waals surface area contributed by atoms with Crippen molar-refractivity contribution < 1.29 is 0 Å². The molecule has 0 atom stereocenters. The number of thiazole rings is 1. The first-order valence-corrected chi connectivity index (χ1v) is 7.47. The molecule has 2 N–H and O–H groups in total. The van der Waals surface area contributed by atoms with Crippen LogP contribution in [0.5, 0.6) is 0 Å². The second kappa shape index (κ2) is 5.24. The molecule has 2 aromatic rings. The Hall–Kier alpha value is -1.14. The first-order valence-electron chi connectivity index (χ1n) is 5.61. The number of hydrogen-bond donors (Lipinski definition) is 1. The third-order valence-corrected chi connectivity index (χ3v) is 4.38. The monoisotopic (exact) mass is 280 g/mol. The van der Waals surface area contributed by atoms with Crippen LogP contribution >= 0.6 is 23.1 Å². The van der Waals surface area contributed by atoms with E-state index in [1.165, 1.54) is 0 Å².